The van der Waals surface area contributed by atoms with E-state index >= 15 is 0 Å². The number of piperazine rings is 1. The minimum atomic E-state index is 0.213. The molecule has 1 aliphatic rings. The van der Waals surface area contributed by atoms with Gasteiger partial charge in [-0.3, -0.25) is 4.90 Å². The van der Waals surface area contributed by atoms with Crippen LogP contribution in [0.4, 0.5) is 0 Å². The van der Waals surface area contributed by atoms with E-state index in [-0.39, 0.29) is 6.04 Å². The second-order valence-corrected chi connectivity index (χ2v) is 6.96. The van der Waals surface area contributed by atoms with Gasteiger partial charge >= 0.3 is 0 Å². The zero-order valence-electron chi connectivity index (χ0n) is 15.0. The first kappa shape index (κ1) is 17.2. The third kappa shape index (κ3) is 4.47. The Bertz CT molecular complexity index is 617. The van der Waals surface area contributed by atoms with Gasteiger partial charge in [-0.25, -0.2) is 0 Å². The van der Waals surface area contributed by atoms with Gasteiger partial charge in [-0.2, -0.15) is 0 Å². The fraction of sp³-hybridized carbons (Fsp3) is 0.500. The average Bonchev–Trinajstić information content (AvgIpc) is 3.08. The molecule has 1 aliphatic heterocycles. The molecular formula is C20H29N3O. The van der Waals surface area contributed by atoms with Crippen molar-refractivity contribution in [1.29, 1.82) is 0 Å². The largest absolute Gasteiger partial charge is 0.459 e. The lowest BCUT2D eigenvalue weighted by molar-refractivity contribution is 0.142. The van der Waals surface area contributed by atoms with Gasteiger partial charge in [0.05, 0.1) is 6.04 Å². The van der Waals surface area contributed by atoms with Crippen LogP contribution < -0.4 is 5.32 Å². The molecule has 1 aromatic carbocycles. The van der Waals surface area contributed by atoms with Crippen LogP contribution in [0.25, 0.3) is 11.3 Å². The highest BCUT2D eigenvalue weighted by molar-refractivity contribution is 5.57. The van der Waals surface area contributed by atoms with E-state index in [1.165, 1.54) is 13.1 Å². The summed E-state index contributed by atoms with van der Waals surface area (Å²) in [5.74, 6) is 1.94. The lowest BCUT2D eigenvalue weighted by Gasteiger charge is -2.34. The first-order chi connectivity index (χ1) is 11.6. The van der Waals surface area contributed by atoms with Gasteiger partial charge in [0.15, 0.2) is 0 Å². The number of rotatable bonds is 6. The summed E-state index contributed by atoms with van der Waals surface area (Å²) in [6.07, 6.45) is 0. The quantitative estimate of drug-likeness (QED) is 0.883. The van der Waals surface area contributed by atoms with Gasteiger partial charge in [0.2, 0.25) is 0 Å². The molecule has 0 saturated carbocycles. The van der Waals surface area contributed by atoms with Crippen LogP contribution in [0.2, 0.25) is 0 Å². The highest BCUT2D eigenvalue weighted by atomic mass is 16.3. The molecule has 1 fully saturated rings. The second-order valence-electron chi connectivity index (χ2n) is 6.96. The summed E-state index contributed by atoms with van der Waals surface area (Å²) < 4.78 is 6.05. The molecule has 1 aromatic heterocycles. The Labute approximate surface area is 145 Å². The van der Waals surface area contributed by atoms with E-state index < -0.39 is 0 Å². The fourth-order valence-electron chi connectivity index (χ4n) is 3.32. The molecule has 0 spiro atoms. The molecule has 24 heavy (non-hydrogen) atoms. The first-order valence-corrected chi connectivity index (χ1v) is 8.94. The normalized spacial score (nSPS) is 19.3. The van der Waals surface area contributed by atoms with Crippen LogP contribution >= 0.6 is 0 Å². The highest BCUT2D eigenvalue weighted by Crippen LogP contribution is 2.25. The SMILES string of the molecule is CC(CN1CCN(C)CC1)NC(C)c1ccc(-c2ccccc2)o1. The number of hydrogen-bond donors (Lipinski definition) is 1. The van der Waals surface area contributed by atoms with E-state index in [0.717, 1.165) is 36.7 Å². The van der Waals surface area contributed by atoms with E-state index in [4.69, 9.17) is 4.42 Å². The summed E-state index contributed by atoms with van der Waals surface area (Å²) in [4.78, 5) is 4.94. The van der Waals surface area contributed by atoms with Crippen molar-refractivity contribution in [1.82, 2.24) is 15.1 Å². The lowest BCUT2D eigenvalue weighted by Crippen LogP contribution is -2.49. The molecule has 0 amide bonds. The van der Waals surface area contributed by atoms with Crippen LogP contribution in [0.3, 0.4) is 0 Å². The Morgan fingerprint density at radius 2 is 1.71 bits per heavy atom. The second kappa shape index (κ2) is 7.97. The summed E-state index contributed by atoms with van der Waals surface area (Å²) >= 11 is 0. The topological polar surface area (TPSA) is 31.6 Å². The Kier molecular flexibility index (Phi) is 5.72. The number of nitrogens with zero attached hydrogens (tertiary/aromatic N) is 2. The van der Waals surface area contributed by atoms with Crippen LogP contribution in [0, 0.1) is 0 Å². The van der Waals surface area contributed by atoms with Gasteiger partial charge in [0.25, 0.3) is 0 Å². The van der Waals surface area contributed by atoms with Crippen LogP contribution in [-0.4, -0.2) is 55.6 Å². The number of furan rings is 1. The maximum atomic E-state index is 6.05. The Balaban J connectivity index is 1.53. The third-order valence-corrected chi connectivity index (χ3v) is 4.77. The maximum absolute atomic E-state index is 6.05. The van der Waals surface area contributed by atoms with E-state index in [0.29, 0.717) is 6.04 Å². The standard InChI is InChI=1S/C20H29N3O/c1-16(15-23-13-11-22(3)12-14-23)21-17(2)19-9-10-20(24-19)18-7-5-4-6-8-18/h4-10,16-17,21H,11-15H2,1-3H3. The molecule has 3 rings (SSSR count). The lowest BCUT2D eigenvalue weighted by atomic mass is 10.2. The Hall–Kier alpha value is -1.62. The minimum Gasteiger partial charge on any atom is -0.459 e. The molecule has 4 nitrogen and oxygen atoms in total. The fourth-order valence-corrected chi connectivity index (χ4v) is 3.32. The molecule has 1 N–H and O–H groups in total. The molecule has 2 unspecified atom stereocenters. The molecule has 0 aliphatic carbocycles. The summed E-state index contributed by atoms with van der Waals surface area (Å²) in [7, 11) is 2.20. The van der Waals surface area contributed by atoms with Crippen LogP contribution in [0.15, 0.2) is 46.9 Å². The average molecular weight is 327 g/mol. The highest BCUT2D eigenvalue weighted by Gasteiger charge is 2.18. The predicted octanol–water partition coefficient (Wildman–Crippen LogP) is 3.23. The van der Waals surface area contributed by atoms with Crippen LogP contribution in [0.1, 0.15) is 25.6 Å². The molecule has 130 valence electrons. The van der Waals surface area contributed by atoms with Gasteiger partial charge in [-0.15, -0.1) is 0 Å². The number of benzene rings is 1. The molecule has 2 heterocycles. The monoisotopic (exact) mass is 327 g/mol. The summed E-state index contributed by atoms with van der Waals surface area (Å²) in [6.45, 7) is 10.2. The van der Waals surface area contributed by atoms with Gasteiger partial charge in [0.1, 0.15) is 11.5 Å². The van der Waals surface area contributed by atoms with Crippen molar-refractivity contribution >= 4 is 0 Å². The molecular weight excluding hydrogens is 298 g/mol. The van der Waals surface area contributed by atoms with E-state index in [1.807, 2.05) is 18.2 Å². The minimum absolute atomic E-state index is 0.213. The van der Waals surface area contributed by atoms with Crippen molar-refractivity contribution in [3.05, 3.63) is 48.2 Å². The Morgan fingerprint density at radius 1 is 1.00 bits per heavy atom. The van der Waals surface area contributed by atoms with Gasteiger partial charge in [0, 0.05) is 44.3 Å². The number of likely N-dealkylation sites (N-methyl/N-ethyl adjacent to an activating group) is 1. The predicted molar refractivity (Wildman–Crippen MR) is 99.1 cm³/mol. The maximum Gasteiger partial charge on any atom is 0.134 e. The number of nitrogens with one attached hydrogen (secondary N) is 1. The van der Waals surface area contributed by atoms with Crippen LogP contribution in [-0.2, 0) is 0 Å². The van der Waals surface area contributed by atoms with E-state index in [1.54, 1.807) is 0 Å². The van der Waals surface area contributed by atoms with Crippen molar-refractivity contribution in [3.8, 4) is 11.3 Å². The zero-order chi connectivity index (χ0) is 16.9. The molecule has 2 aromatic rings. The number of hydrogen-bond acceptors (Lipinski definition) is 4. The van der Waals surface area contributed by atoms with Crippen molar-refractivity contribution in [3.63, 3.8) is 0 Å². The van der Waals surface area contributed by atoms with Crippen molar-refractivity contribution in [2.45, 2.75) is 25.9 Å². The zero-order valence-corrected chi connectivity index (χ0v) is 15.0. The molecule has 4 heteroatoms. The summed E-state index contributed by atoms with van der Waals surface area (Å²) in [5, 5.41) is 3.67. The summed E-state index contributed by atoms with van der Waals surface area (Å²) in [6, 6.07) is 15.1. The van der Waals surface area contributed by atoms with Crippen molar-refractivity contribution < 1.29 is 4.42 Å². The molecule has 2 atom stereocenters. The molecule has 0 bridgehead atoms. The van der Waals surface area contributed by atoms with E-state index in [9.17, 15) is 0 Å². The molecule has 1 saturated heterocycles. The van der Waals surface area contributed by atoms with Gasteiger partial charge < -0.3 is 14.6 Å². The summed E-state index contributed by atoms with van der Waals surface area (Å²) in [5.41, 5.74) is 1.13. The van der Waals surface area contributed by atoms with Gasteiger partial charge in [-0.05, 0) is 33.0 Å². The van der Waals surface area contributed by atoms with E-state index in [2.05, 4.69) is 60.3 Å². The van der Waals surface area contributed by atoms with Crippen molar-refractivity contribution in [2.24, 2.45) is 0 Å². The third-order valence-electron chi connectivity index (χ3n) is 4.77. The van der Waals surface area contributed by atoms with Crippen LogP contribution in [0.5, 0.6) is 0 Å². The Morgan fingerprint density at radius 3 is 2.42 bits per heavy atom. The van der Waals surface area contributed by atoms with Crippen molar-refractivity contribution in [2.75, 3.05) is 39.8 Å². The molecule has 0 radical (unpaired) electrons. The van der Waals surface area contributed by atoms with Gasteiger partial charge in [-0.1, -0.05) is 30.3 Å². The first-order valence-electron chi connectivity index (χ1n) is 8.94. The smallest absolute Gasteiger partial charge is 0.134 e.